The number of alkyl carbamates (subject to hydrolysis) is 1. The summed E-state index contributed by atoms with van der Waals surface area (Å²) in [4.78, 5) is 11.6. The van der Waals surface area contributed by atoms with Gasteiger partial charge in [-0.15, -0.1) is 5.92 Å². The maximum absolute atomic E-state index is 11.6. The van der Waals surface area contributed by atoms with Gasteiger partial charge in [0.1, 0.15) is 5.60 Å². The van der Waals surface area contributed by atoms with E-state index in [4.69, 9.17) is 10.5 Å². The van der Waals surface area contributed by atoms with Crippen LogP contribution in [0.1, 0.15) is 40.5 Å². The lowest BCUT2D eigenvalue weighted by atomic mass is 10.1. The first-order valence-electron chi connectivity index (χ1n) is 5.48. The second-order valence-electron chi connectivity index (χ2n) is 5.16. The van der Waals surface area contributed by atoms with Crippen LogP contribution in [0.3, 0.4) is 0 Å². The van der Waals surface area contributed by atoms with E-state index in [0.29, 0.717) is 0 Å². The zero-order valence-electron chi connectivity index (χ0n) is 10.4. The van der Waals surface area contributed by atoms with E-state index < -0.39 is 11.7 Å². The second-order valence-corrected chi connectivity index (χ2v) is 5.16. The number of rotatable bonds is 2. The Hall–Kier alpha value is -1.21. The van der Waals surface area contributed by atoms with Crippen LogP contribution < -0.4 is 11.1 Å². The smallest absolute Gasteiger partial charge is 0.408 e. The van der Waals surface area contributed by atoms with Crippen molar-refractivity contribution >= 4 is 6.09 Å². The van der Waals surface area contributed by atoms with Crippen molar-refractivity contribution in [2.75, 3.05) is 0 Å². The molecule has 0 aromatic carbocycles. The maximum Gasteiger partial charge on any atom is 0.408 e. The zero-order valence-corrected chi connectivity index (χ0v) is 10.4. The molecule has 0 bridgehead atoms. The number of nitrogens with two attached hydrogens (primary N) is 1. The first kappa shape index (κ1) is 12.9. The molecule has 0 saturated heterocycles. The molecule has 1 fully saturated rings. The van der Waals surface area contributed by atoms with Gasteiger partial charge in [0.15, 0.2) is 0 Å². The second kappa shape index (κ2) is 4.34. The summed E-state index contributed by atoms with van der Waals surface area (Å²) >= 11 is 0. The van der Waals surface area contributed by atoms with Crippen molar-refractivity contribution in [2.24, 2.45) is 5.73 Å². The molecule has 1 rings (SSSR count). The van der Waals surface area contributed by atoms with Crippen LogP contribution in [-0.2, 0) is 4.74 Å². The van der Waals surface area contributed by atoms with Crippen LogP contribution >= 0.6 is 0 Å². The molecule has 1 aliphatic carbocycles. The molecule has 4 heteroatoms. The van der Waals surface area contributed by atoms with E-state index in [1.807, 2.05) is 20.8 Å². The molecule has 0 aromatic rings. The van der Waals surface area contributed by atoms with Crippen molar-refractivity contribution in [1.82, 2.24) is 5.32 Å². The van der Waals surface area contributed by atoms with Gasteiger partial charge >= 0.3 is 6.09 Å². The van der Waals surface area contributed by atoms with Gasteiger partial charge in [-0.1, -0.05) is 5.92 Å². The highest BCUT2D eigenvalue weighted by Gasteiger charge is 2.49. The van der Waals surface area contributed by atoms with Gasteiger partial charge in [-0.3, -0.25) is 0 Å². The molecule has 1 saturated carbocycles. The summed E-state index contributed by atoms with van der Waals surface area (Å²) in [6.45, 7) is 7.23. The monoisotopic (exact) mass is 224 g/mol. The molecule has 0 aromatic heterocycles. The predicted molar refractivity (Wildman–Crippen MR) is 62.8 cm³/mol. The highest BCUT2D eigenvalue weighted by molar-refractivity contribution is 5.70. The van der Waals surface area contributed by atoms with Crippen LogP contribution in [-0.4, -0.2) is 23.3 Å². The van der Waals surface area contributed by atoms with Crippen molar-refractivity contribution in [1.29, 1.82) is 0 Å². The molecule has 16 heavy (non-hydrogen) atoms. The molecular weight excluding hydrogens is 204 g/mol. The van der Waals surface area contributed by atoms with Crippen LogP contribution in [0.25, 0.3) is 0 Å². The predicted octanol–water partition coefficient (Wildman–Crippen LogP) is 1.39. The molecule has 0 aliphatic heterocycles. The van der Waals surface area contributed by atoms with Crippen LogP contribution in [0.5, 0.6) is 0 Å². The lowest BCUT2D eigenvalue weighted by Gasteiger charge is -2.24. The normalized spacial score (nSPS) is 19.1. The minimum Gasteiger partial charge on any atom is -0.444 e. The van der Waals surface area contributed by atoms with Gasteiger partial charge < -0.3 is 15.8 Å². The number of carbonyl (C=O) groups excluding carboxylic acids is 1. The Morgan fingerprint density at radius 1 is 1.50 bits per heavy atom. The molecule has 0 unspecified atom stereocenters. The van der Waals surface area contributed by atoms with Crippen molar-refractivity contribution in [3.63, 3.8) is 0 Å². The van der Waals surface area contributed by atoms with E-state index >= 15 is 0 Å². The average molecular weight is 224 g/mol. The summed E-state index contributed by atoms with van der Waals surface area (Å²) < 4.78 is 5.19. The molecule has 1 amide bonds. The number of ether oxygens (including phenoxy) is 1. The third kappa shape index (κ3) is 3.42. The van der Waals surface area contributed by atoms with Crippen LogP contribution in [0.2, 0.25) is 0 Å². The summed E-state index contributed by atoms with van der Waals surface area (Å²) in [5.74, 6) is 5.64. The van der Waals surface area contributed by atoms with Crippen molar-refractivity contribution in [2.45, 2.75) is 57.7 Å². The molecule has 1 atom stereocenters. The largest absolute Gasteiger partial charge is 0.444 e. The Morgan fingerprint density at radius 3 is 2.44 bits per heavy atom. The van der Waals surface area contributed by atoms with E-state index in [2.05, 4.69) is 17.2 Å². The van der Waals surface area contributed by atoms with Crippen LogP contribution in [0.15, 0.2) is 0 Å². The van der Waals surface area contributed by atoms with E-state index in [9.17, 15) is 4.79 Å². The van der Waals surface area contributed by atoms with E-state index in [1.54, 1.807) is 6.92 Å². The molecule has 0 heterocycles. The summed E-state index contributed by atoms with van der Waals surface area (Å²) in [5, 5.41) is 2.82. The summed E-state index contributed by atoms with van der Waals surface area (Å²) in [6.07, 6.45) is 1.31. The Kier molecular flexibility index (Phi) is 3.49. The number of nitrogens with one attached hydrogen (secondary N) is 1. The van der Waals surface area contributed by atoms with E-state index in [-0.39, 0.29) is 11.6 Å². The Balaban J connectivity index is 2.53. The number of hydrogen-bond donors (Lipinski definition) is 2. The highest BCUT2D eigenvalue weighted by Crippen LogP contribution is 2.38. The lowest BCUT2D eigenvalue weighted by molar-refractivity contribution is 0.0493. The van der Waals surface area contributed by atoms with Crippen LogP contribution in [0, 0.1) is 11.8 Å². The first-order chi connectivity index (χ1) is 7.29. The van der Waals surface area contributed by atoms with Crippen LogP contribution in [0.4, 0.5) is 4.79 Å². The van der Waals surface area contributed by atoms with Gasteiger partial charge in [-0.25, -0.2) is 4.79 Å². The van der Waals surface area contributed by atoms with Gasteiger partial charge in [-0.2, -0.15) is 0 Å². The fourth-order valence-corrected chi connectivity index (χ4v) is 1.45. The van der Waals surface area contributed by atoms with Gasteiger partial charge in [-0.05, 0) is 40.5 Å². The molecule has 4 nitrogen and oxygen atoms in total. The Morgan fingerprint density at radius 2 is 2.06 bits per heavy atom. The van der Waals surface area contributed by atoms with Crippen molar-refractivity contribution < 1.29 is 9.53 Å². The SMILES string of the molecule is CC#C[C@@H](N)C1(NC(=O)OC(C)(C)C)CC1. The van der Waals surface area contributed by atoms with Gasteiger partial charge in [0, 0.05) is 0 Å². The van der Waals surface area contributed by atoms with Crippen molar-refractivity contribution in [3.8, 4) is 11.8 Å². The van der Waals surface area contributed by atoms with E-state index in [1.165, 1.54) is 0 Å². The molecule has 1 aliphatic rings. The maximum atomic E-state index is 11.6. The third-order valence-electron chi connectivity index (χ3n) is 2.43. The van der Waals surface area contributed by atoms with E-state index in [0.717, 1.165) is 12.8 Å². The third-order valence-corrected chi connectivity index (χ3v) is 2.43. The summed E-state index contributed by atoms with van der Waals surface area (Å²) in [5.41, 5.74) is 5.04. The van der Waals surface area contributed by atoms with Gasteiger partial charge in [0.25, 0.3) is 0 Å². The fraction of sp³-hybridized carbons (Fsp3) is 0.750. The number of amides is 1. The molecule has 3 N–H and O–H groups in total. The Labute approximate surface area is 96.9 Å². The summed E-state index contributed by atoms with van der Waals surface area (Å²) in [6, 6.07) is -0.315. The average Bonchev–Trinajstić information content (AvgIpc) is 2.82. The number of hydrogen-bond acceptors (Lipinski definition) is 3. The molecule has 0 radical (unpaired) electrons. The highest BCUT2D eigenvalue weighted by atomic mass is 16.6. The minimum atomic E-state index is -0.485. The van der Waals surface area contributed by atoms with Crippen molar-refractivity contribution in [3.05, 3.63) is 0 Å². The molecule has 0 spiro atoms. The van der Waals surface area contributed by atoms with Gasteiger partial charge in [0.05, 0.1) is 11.6 Å². The molecular formula is C12H20N2O2. The number of carbonyl (C=O) groups is 1. The lowest BCUT2D eigenvalue weighted by Crippen LogP contribution is -2.50. The quantitative estimate of drug-likeness (QED) is 0.697. The topological polar surface area (TPSA) is 64.3 Å². The first-order valence-corrected chi connectivity index (χ1v) is 5.48. The standard InChI is InChI=1S/C12H20N2O2/c1-5-6-9(13)12(7-8-12)14-10(15)16-11(2,3)4/h9H,7-8,13H2,1-4H3,(H,14,15)/t9-/m1/s1. The fourth-order valence-electron chi connectivity index (χ4n) is 1.45. The molecule has 90 valence electrons. The minimum absolute atomic E-state index is 0.315. The van der Waals surface area contributed by atoms with Gasteiger partial charge in [0.2, 0.25) is 0 Å². The summed E-state index contributed by atoms with van der Waals surface area (Å²) in [7, 11) is 0. The Bertz CT molecular complexity index is 329. The zero-order chi connectivity index (χ0) is 12.4.